The van der Waals surface area contributed by atoms with Crippen molar-refractivity contribution in [3.8, 4) is 0 Å². The lowest BCUT2D eigenvalue weighted by Gasteiger charge is -2.31. The molecule has 0 aliphatic carbocycles. The zero-order chi connectivity index (χ0) is 20.3. The average Bonchev–Trinajstić information content (AvgIpc) is 2.74. The zero-order valence-electron chi connectivity index (χ0n) is 16.2. The molecular formula is C23H20N6O. The van der Waals surface area contributed by atoms with E-state index in [-0.39, 0.29) is 5.91 Å². The fourth-order valence-electron chi connectivity index (χ4n) is 3.38. The van der Waals surface area contributed by atoms with Crippen LogP contribution in [0.4, 0.5) is 23.0 Å². The Hall–Kier alpha value is -4.00. The summed E-state index contributed by atoms with van der Waals surface area (Å²) in [5.41, 5.74) is 1.94. The minimum atomic E-state index is -0.244. The molecule has 2 N–H and O–H groups in total. The van der Waals surface area contributed by atoms with Crippen LogP contribution in [0.15, 0.2) is 73.3 Å². The van der Waals surface area contributed by atoms with Crippen LogP contribution in [0.25, 0.3) is 10.8 Å². The van der Waals surface area contributed by atoms with Crippen LogP contribution in [0.2, 0.25) is 0 Å². The maximum Gasteiger partial charge on any atom is 0.259 e. The standard InChI is InChI=1S/C23H20N6O/c30-23(28-19-6-7-21(26-15-19)29-11-2-12-29)20-3-1-9-25-22(20)27-18-5-4-16-8-10-24-14-17(16)13-18/h1,3-10,13-15H,2,11-12H2,(H,25,27)(H,28,30). The van der Waals surface area contributed by atoms with Crippen molar-refractivity contribution in [1.29, 1.82) is 0 Å². The van der Waals surface area contributed by atoms with Gasteiger partial charge in [-0.15, -0.1) is 0 Å². The van der Waals surface area contributed by atoms with Crippen LogP contribution in [0.1, 0.15) is 16.8 Å². The first-order valence-corrected chi connectivity index (χ1v) is 9.84. The molecule has 0 bridgehead atoms. The van der Waals surface area contributed by atoms with Crippen molar-refractivity contribution < 1.29 is 4.79 Å². The van der Waals surface area contributed by atoms with Gasteiger partial charge in [0.05, 0.1) is 17.4 Å². The first kappa shape index (κ1) is 18.1. The van der Waals surface area contributed by atoms with E-state index in [1.54, 1.807) is 30.7 Å². The molecule has 7 heteroatoms. The topological polar surface area (TPSA) is 83.0 Å². The number of nitrogens with zero attached hydrogens (tertiary/aromatic N) is 4. The van der Waals surface area contributed by atoms with Gasteiger partial charge < -0.3 is 15.5 Å². The Labute approximate surface area is 173 Å². The normalized spacial score (nSPS) is 13.0. The molecule has 1 fully saturated rings. The van der Waals surface area contributed by atoms with E-state index in [0.29, 0.717) is 17.1 Å². The smallest absolute Gasteiger partial charge is 0.259 e. The highest BCUT2D eigenvalue weighted by Crippen LogP contribution is 2.24. The first-order valence-electron chi connectivity index (χ1n) is 9.84. The number of aromatic nitrogens is 3. The minimum absolute atomic E-state index is 0.244. The summed E-state index contributed by atoms with van der Waals surface area (Å²) in [4.78, 5) is 28.1. The van der Waals surface area contributed by atoms with Crippen molar-refractivity contribution in [2.45, 2.75) is 6.42 Å². The van der Waals surface area contributed by atoms with Crippen molar-refractivity contribution in [3.05, 3.63) is 78.9 Å². The van der Waals surface area contributed by atoms with E-state index >= 15 is 0 Å². The first-order chi connectivity index (χ1) is 14.8. The SMILES string of the molecule is O=C(Nc1ccc(N2CCC2)nc1)c1cccnc1Nc1ccc2ccncc2c1. The molecular weight excluding hydrogens is 376 g/mol. The highest BCUT2D eigenvalue weighted by Gasteiger charge is 2.16. The van der Waals surface area contributed by atoms with Gasteiger partial charge in [0.1, 0.15) is 11.6 Å². The molecule has 30 heavy (non-hydrogen) atoms. The molecule has 4 heterocycles. The van der Waals surface area contributed by atoms with Crippen molar-refractivity contribution in [1.82, 2.24) is 15.0 Å². The number of hydrogen-bond donors (Lipinski definition) is 2. The van der Waals surface area contributed by atoms with Gasteiger partial charge in [-0.25, -0.2) is 9.97 Å². The number of carbonyl (C=O) groups excluding carboxylic acids is 1. The highest BCUT2D eigenvalue weighted by molar-refractivity contribution is 6.07. The van der Waals surface area contributed by atoms with Crippen LogP contribution in [-0.4, -0.2) is 33.9 Å². The van der Waals surface area contributed by atoms with Crippen molar-refractivity contribution in [2.75, 3.05) is 28.6 Å². The van der Waals surface area contributed by atoms with Gasteiger partial charge in [0.2, 0.25) is 0 Å². The molecule has 148 valence electrons. The number of benzene rings is 1. The zero-order valence-corrected chi connectivity index (χ0v) is 16.2. The molecule has 5 rings (SSSR count). The predicted molar refractivity (Wildman–Crippen MR) is 118 cm³/mol. The predicted octanol–water partition coefficient (Wildman–Crippen LogP) is 4.23. The van der Waals surface area contributed by atoms with Gasteiger partial charge in [0.15, 0.2) is 0 Å². The number of carbonyl (C=O) groups is 1. The molecule has 0 spiro atoms. The molecule has 1 saturated heterocycles. The quantitative estimate of drug-likeness (QED) is 0.525. The maximum absolute atomic E-state index is 12.9. The number of rotatable bonds is 5. The minimum Gasteiger partial charge on any atom is -0.356 e. The lowest BCUT2D eigenvalue weighted by atomic mass is 10.1. The van der Waals surface area contributed by atoms with Gasteiger partial charge in [-0.05, 0) is 54.3 Å². The number of nitrogens with one attached hydrogen (secondary N) is 2. The summed E-state index contributed by atoms with van der Waals surface area (Å²) in [6.07, 6.45) is 8.12. The second-order valence-electron chi connectivity index (χ2n) is 7.16. The van der Waals surface area contributed by atoms with Gasteiger partial charge >= 0.3 is 0 Å². The van der Waals surface area contributed by atoms with Crippen LogP contribution < -0.4 is 15.5 Å². The second kappa shape index (κ2) is 7.79. The Bertz CT molecular complexity index is 1200. The second-order valence-corrected chi connectivity index (χ2v) is 7.16. The summed E-state index contributed by atoms with van der Waals surface area (Å²) in [5.74, 6) is 1.18. The van der Waals surface area contributed by atoms with Gasteiger partial charge in [-0.1, -0.05) is 6.07 Å². The Morgan fingerprint density at radius 3 is 2.60 bits per heavy atom. The van der Waals surface area contributed by atoms with E-state index < -0.39 is 0 Å². The Kier molecular flexibility index (Phi) is 4.69. The largest absolute Gasteiger partial charge is 0.356 e. The van der Waals surface area contributed by atoms with Crippen molar-refractivity contribution in [3.63, 3.8) is 0 Å². The number of amides is 1. The molecule has 1 aliphatic heterocycles. The van der Waals surface area contributed by atoms with Crippen LogP contribution in [0.3, 0.4) is 0 Å². The van der Waals surface area contributed by atoms with Gasteiger partial charge in [-0.2, -0.15) is 0 Å². The number of fused-ring (bicyclic) bond motifs is 1. The lowest BCUT2D eigenvalue weighted by Crippen LogP contribution is -2.37. The van der Waals surface area contributed by atoms with Crippen LogP contribution >= 0.6 is 0 Å². The summed E-state index contributed by atoms with van der Waals surface area (Å²) in [7, 11) is 0. The fourth-order valence-corrected chi connectivity index (χ4v) is 3.38. The molecule has 0 unspecified atom stereocenters. The third-order valence-electron chi connectivity index (χ3n) is 5.14. The molecule has 1 amide bonds. The van der Waals surface area contributed by atoms with E-state index in [0.717, 1.165) is 35.4 Å². The van der Waals surface area contributed by atoms with Crippen LogP contribution in [0, 0.1) is 0 Å². The van der Waals surface area contributed by atoms with E-state index in [2.05, 4.69) is 30.5 Å². The van der Waals surface area contributed by atoms with Crippen molar-refractivity contribution in [2.24, 2.45) is 0 Å². The monoisotopic (exact) mass is 396 g/mol. The van der Waals surface area contributed by atoms with Gasteiger partial charge in [0.25, 0.3) is 5.91 Å². The maximum atomic E-state index is 12.9. The lowest BCUT2D eigenvalue weighted by molar-refractivity contribution is 0.102. The Morgan fingerprint density at radius 1 is 0.900 bits per heavy atom. The van der Waals surface area contributed by atoms with Crippen molar-refractivity contribution >= 4 is 39.7 Å². The average molecular weight is 396 g/mol. The summed E-state index contributed by atoms with van der Waals surface area (Å²) in [6, 6.07) is 15.2. The molecule has 4 aromatic rings. The summed E-state index contributed by atoms with van der Waals surface area (Å²) in [5, 5.41) is 8.27. The highest BCUT2D eigenvalue weighted by atomic mass is 16.1. The number of anilines is 4. The number of hydrogen-bond acceptors (Lipinski definition) is 6. The molecule has 7 nitrogen and oxygen atoms in total. The third-order valence-corrected chi connectivity index (χ3v) is 5.14. The van der Waals surface area contributed by atoms with Gasteiger partial charge in [-0.3, -0.25) is 9.78 Å². The number of pyridine rings is 3. The van der Waals surface area contributed by atoms with E-state index in [4.69, 9.17) is 0 Å². The van der Waals surface area contributed by atoms with Crippen LogP contribution in [0.5, 0.6) is 0 Å². The van der Waals surface area contributed by atoms with Gasteiger partial charge in [0, 0.05) is 42.8 Å². The van der Waals surface area contributed by atoms with E-state index in [1.165, 1.54) is 6.42 Å². The molecule has 0 saturated carbocycles. The molecule has 3 aromatic heterocycles. The Balaban J connectivity index is 1.34. The Morgan fingerprint density at radius 2 is 1.80 bits per heavy atom. The third kappa shape index (κ3) is 3.65. The molecule has 1 aromatic carbocycles. The van der Waals surface area contributed by atoms with Crippen LogP contribution in [-0.2, 0) is 0 Å². The fraction of sp³-hybridized carbons (Fsp3) is 0.130. The molecule has 1 aliphatic rings. The molecule has 0 atom stereocenters. The summed E-state index contributed by atoms with van der Waals surface area (Å²) < 4.78 is 0. The summed E-state index contributed by atoms with van der Waals surface area (Å²) in [6.45, 7) is 2.07. The molecule has 0 radical (unpaired) electrons. The van der Waals surface area contributed by atoms with E-state index in [1.807, 2.05) is 42.6 Å². The summed E-state index contributed by atoms with van der Waals surface area (Å²) >= 11 is 0. The van der Waals surface area contributed by atoms with E-state index in [9.17, 15) is 4.79 Å².